The van der Waals surface area contributed by atoms with Gasteiger partial charge in [-0.25, -0.2) is 0 Å². The Morgan fingerprint density at radius 3 is 2.50 bits per heavy atom. The Kier molecular flexibility index (Phi) is 6.68. The molecule has 0 heterocycles. The molecule has 0 spiro atoms. The van der Waals surface area contributed by atoms with Gasteiger partial charge in [0.15, 0.2) is 0 Å². The number of ether oxygens (including phenoxy) is 1. The summed E-state index contributed by atoms with van der Waals surface area (Å²) in [6.45, 7) is 10.1. The fourth-order valence-electron chi connectivity index (χ4n) is 1.80. The molecule has 0 bridgehead atoms. The van der Waals surface area contributed by atoms with Crippen LogP contribution in [0, 0.1) is 0 Å². The summed E-state index contributed by atoms with van der Waals surface area (Å²) in [5, 5.41) is 0. The molecular formula is C14H23BrN2O. The highest BCUT2D eigenvalue weighted by atomic mass is 79.9. The van der Waals surface area contributed by atoms with Gasteiger partial charge in [-0.15, -0.1) is 0 Å². The molecule has 0 unspecified atom stereocenters. The van der Waals surface area contributed by atoms with E-state index in [1.165, 1.54) is 0 Å². The van der Waals surface area contributed by atoms with Crippen molar-refractivity contribution in [2.24, 2.45) is 5.73 Å². The van der Waals surface area contributed by atoms with Crippen molar-refractivity contribution in [1.82, 2.24) is 4.90 Å². The van der Waals surface area contributed by atoms with Gasteiger partial charge < -0.3 is 15.4 Å². The van der Waals surface area contributed by atoms with Gasteiger partial charge in [-0.3, -0.25) is 0 Å². The number of hydrogen-bond donors (Lipinski definition) is 1. The van der Waals surface area contributed by atoms with Crippen molar-refractivity contribution in [3.63, 3.8) is 0 Å². The molecule has 0 saturated carbocycles. The fraction of sp³-hybridized carbons (Fsp3) is 0.571. The number of hydrogen-bond acceptors (Lipinski definition) is 3. The van der Waals surface area contributed by atoms with Gasteiger partial charge in [0.05, 0.1) is 0 Å². The van der Waals surface area contributed by atoms with Gasteiger partial charge in [0, 0.05) is 17.1 Å². The predicted molar refractivity (Wildman–Crippen MR) is 80.0 cm³/mol. The summed E-state index contributed by atoms with van der Waals surface area (Å²) in [4.78, 5) is 2.34. The zero-order valence-electron chi connectivity index (χ0n) is 11.4. The van der Waals surface area contributed by atoms with Gasteiger partial charge in [0.2, 0.25) is 0 Å². The molecule has 0 amide bonds. The summed E-state index contributed by atoms with van der Waals surface area (Å²) in [7, 11) is 0. The second-order valence-corrected chi connectivity index (χ2v) is 5.20. The van der Waals surface area contributed by atoms with Gasteiger partial charge in [0.25, 0.3) is 0 Å². The highest BCUT2D eigenvalue weighted by Crippen LogP contribution is 2.26. The Balaban J connectivity index is 2.51. The van der Waals surface area contributed by atoms with E-state index >= 15 is 0 Å². The Labute approximate surface area is 118 Å². The van der Waals surface area contributed by atoms with Gasteiger partial charge in [-0.05, 0) is 37.7 Å². The van der Waals surface area contributed by atoms with Gasteiger partial charge in [-0.2, -0.15) is 0 Å². The molecule has 0 saturated heterocycles. The van der Waals surface area contributed by atoms with Gasteiger partial charge in [0.1, 0.15) is 12.4 Å². The molecule has 4 heteroatoms. The molecule has 1 atom stereocenters. The molecule has 3 nitrogen and oxygen atoms in total. The summed E-state index contributed by atoms with van der Waals surface area (Å²) in [5.41, 5.74) is 6.97. The molecule has 0 aliphatic heterocycles. The summed E-state index contributed by atoms with van der Waals surface area (Å²) < 4.78 is 6.76. The first-order valence-electron chi connectivity index (χ1n) is 6.48. The maximum absolute atomic E-state index is 5.86. The minimum absolute atomic E-state index is 0.0316. The molecule has 18 heavy (non-hydrogen) atoms. The van der Waals surface area contributed by atoms with E-state index in [0.717, 1.165) is 35.4 Å². The van der Waals surface area contributed by atoms with Gasteiger partial charge in [-0.1, -0.05) is 35.8 Å². The van der Waals surface area contributed by atoms with Crippen LogP contribution < -0.4 is 10.5 Å². The molecule has 2 N–H and O–H groups in total. The largest absolute Gasteiger partial charge is 0.492 e. The van der Waals surface area contributed by atoms with E-state index in [4.69, 9.17) is 10.5 Å². The first kappa shape index (κ1) is 15.5. The van der Waals surface area contributed by atoms with E-state index in [1.807, 2.05) is 25.1 Å². The minimum Gasteiger partial charge on any atom is -0.492 e. The summed E-state index contributed by atoms with van der Waals surface area (Å²) in [5.74, 6) is 0.887. The van der Waals surface area contributed by atoms with Crippen LogP contribution in [0.15, 0.2) is 22.7 Å². The number of benzene rings is 1. The molecule has 1 aromatic rings. The third-order valence-electron chi connectivity index (χ3n) is 3.03. The second kappa shape index (κ2) is 7.77. The first-order chi connectivity index (χ1) is 8.58. The summed E-state index contributed by atoms with van der Waals surface area (Å²) >= 11 is 3.53. The lowest BCUT2D eigenvalue weighted by molar-refractivity contribution is 0.222. The normalized spacial score (nSPS) is 12.8. The van der Waals surface area contributed by atoms with Crippen molar-refractivity contribution in [2.75, 3.05) is 26.2 Å². The number of nitrogens with zero attached hydrogens (tertiary/aromatic N) is 1. The topological polar surface area (TPSA) is 38.5 Å². The number of rotatable bonds is 7. The van der Waals surface area contributed by atoms with Crippen LogP contribution in [-0.4, -0.2) is 31.1 Å². The number of nitrogens with two attached hydrogens (primary N) is 1. The maximum Gasteiger partial charge on any atom is 0.120 e. The van der Waals surface area contributed by atoms with Crippen molar-refractivity contribution >= 4 is 15.9 Å². The molecule has 0 aromatic heterocycles. The lowest BCUT2D eigenvalue weighted by Gasteiger charge is -2.18. The smallest absolute Gasteiger partial charge is 0.120 e. The standard InChI is InChI=1S/C14H23BrN2O/c1-4-17(5-2)8-9-18-12-6-7-13(11(3)16)14(15)10-12/h6-7,10-11H,4-5,8-9,16H2,1-3H3/t11-/m0/s1. The monoisotopic (exact) mass is 314 g/mol. The summed E-state index contributed by atoms with van der Waals surface area (Å²) in [6.07, 6.45) is 0. The highest BCUT2D eigenvalue weighted by Gasteiger charge is 2.06. The quantitative estimate of drug-likeness (QED) is 0.840. The van der Waals surface area contributed by atoms with E-state index in [0.29, 0.717) is 6.61 Å². The molecule has 1 aromatic carbocycles. The summed E-state index contributed by atoms with van der Waals surface area (Å²) in [6, 6.07) is 6.01. The van der Waals surface area contributed by atoms with Crippen molar-refractivity contribution in [3.8, 4) is 5.75 Å². The van der Waals surface area contributed by atoms with Crippen LogP contribution in [0.3, 0.4) is 0 Å². The molecule has 0 fully saturated rings. The lowest BCUT2D eigenvalue weighted by atomic mass is 10.1. The SMILES string of the molecule is CCN(CC)CCOc1ccc([C@H](C)N)c(Br)c1. The fourth-order valence-corrected chi connectivity index (χ4v) is 2.52. The number of halogens is 1. The van der Waals surface area contributed by atoms with Crippen molar-refractivity contribution in [3.05, 3.63) is 28.2 Å². The maximum atomic E-state index is 5.86. The van der Waals surface area contributed by atoms with Crippen molar-refractivity contribution in [2.45, 2.75) is 26.8 Å². The molecular weight excluding hydrogens is 292 g/mol. The lowest BCUT2D eigenvalue weighted by Crippen LogP contribution is -2.27. The Morgan fingerprint density at radius 1 is 1.33 bits per heavy atom. The first-order valence-corrected chi connectivity index (χ1v) is 7.28. The zero-order chi connectivity index (χ0) is 13.5. The zero-order valence-corrected chi connectivity index (χ0v) is 13.0. The van der Waals surface area contributed by atoms with E-state index in [2.05, 4.69) is 34.7 Å². The van der Waals surface area contributed by atoms with Crippen LogP contribution in [0.25, 0.3) is 0 Å². The average Bonchev–Trinajstić information content (AvgIpc) is 2.34. The molecule has 0 aliphatic carbocycles. The Hall–Kier alpha value is -0.580. The number of likely N-dealkylation sites (N-methyl/N-ethyl adjacent to an activating group) is 1. The molecule has 0 aliphatic rings. The Bertz CT molecular complexity index is 365. The van der Waals surface area contributed by atoms with E-state index in [1.54, 1.807) is 0 Å². The second-order valence-electron chi connectivity index (χ2n) is 4.35. The van der Waals surface area contributed by atoms with Crippen LogP contribution >= 0.6 is 15.9 Å². The van der Waals surface area contributed by atoms with Crippen LogP contribution in [0.1, 0.15) is 32.4 Å². The van der Waals surface area contributed by atoms with Gasteiger partial charge >= 0.3 is 0 Å². The van der Waals surface area contributed by atoms with Crippen molar-refractivity contribution < 1.29 is 4.74 Å². The predicted octanol–water partition coefficient (Wildman–Crippen LogP) is 3.19. The van der Waals surface area contributed by atoms with Crippen molar-refractivity contribution in [1.29, 1.82) is 0 Å². The third-order valence-corrected chi connectivity index (χ3v) is 3.72. The van der Waals surface area contributed by atoms with Crippen LogP contribution in [0.5, 0.6) is 5.75 Å². The highest BCUT2D eigenvalue weighted by molar-refractivity contribution is 9.10. The van der Waals surface area contributed by atoms with E-state index in [-0.39, 0.29) is 6.04 Å². The molecule has 1 rings (SSSR count). The minimum atomic E-state index is 0.0316. The van der Waals surface area contributed by atoms with Crippen LogP contribution in [0.4, 0.5) is 0 Å². The van der Waals surface area contributed by atoms with Crippen LogP contribution in [-0.2, 0) is 0 Å². The molecule has 0 radical (unpaired) electrons. The average molecular weight is 315 g/mol. The molecule has 102 valence electrons. The Morgan fingerprint density at radius 2 is 2.00 bits per heavy atom. The van der Waals surface area contributed by atoms with Crippen LogP contribution in [0.2, 0.25) is 0 Å². The van der Waals surface area contributed by atoms with E-state index in [9.17, 15) is 0 Å². The van der Waals surface area contributed by atoms with E-state index < -0.39 is 0 Å². The third kappa shape index (κ3) is 4.59.